The Labute approximate surface area is 88.3 Å². The molecule has 0 saturated carbocycles. The number of aliphatic hydroxyl groups excluding tert-OH is 4. The number of hydrogen-bond acceptors (Lipinski definition) is 6. The predicted molar refractivity (Wildman–Crippen MR) is 52.0 cm³/mol. The van der Waals surface area contributed by atoms with Crippen LogP contribution in [0.4, 0.5) is 0 Å². The van der Waals surface area contributed by atoms with Crippen LogP contribution in [-0.4, -0.2) is 63.6 Å². The average Bonchev–Trinajstić information content (AvgIpc) is 2.18. The molecule has 6 heteroatoms. The Morgan fingerprint density at radius 1 is 1.13 bits per heavy atom. The Balaban J connectivity index is 2.65. The maximum absolute atomic E-state index is 9.60. The Hall–Kier alpha value is -0.240. The van der Waals surface area contributed by atoms with Gasteiger partial charge in [-0.05, 0) is 13.3 Å². The molecule has 0 aromatic carbocycles. The van der Waals surface area contributed by atoms with Gasteiger partial charge < -0.3 is 30.9 Å². The normalized spacial score (nSPS) is 44.0. The van der Waals surface area contributed by atoms with Crippen LogP contribution in [0.5, 0.6) is 0 Å². The topological polar surface area (TPSA) is 116 Å². The lowest BCUT2D eigenvalue weighted by Gasteiger charge is -2.40. The van der Waals surface area contributed by atoms with Gasteiger partial charge in [0.05, 0.1) is 12.7 Å². The first-order chi connectivity index (χ1) is 6.97. The predicted octanol–water partition coefficient (Wildman–Crippen LogP) is -2.43. The zero-order chi connectivity index (χ0) is 11.6. The molecular weight excluding hydrogens is 202 g/mol. The lowest BCUT2D eigenvalue weighted by atomic mass is 9.92. The quantitative estimate of drug-likeness (QED) is 0.362. The Morgan fingerprint density at radius 3 is 2.13 bits per heavy atom. The molecule has 1 heterocycles. The van der Waals surface area contributed by atoms with E-state index >= 15 is 0 Å². The third-order valence-electron chi connectivity index (χ3n) is 2.60. The number of hydrogen-bond donors (Lipinski definition) is 5. The van der Waals surface area contributed by atoms with Gasteiger partial charge in [0.1, 0.15) is 24.4 Å². The first-order valence-electron chi connectivity index (χ1n) is 5.03. The van der Waals surface area contributed by atoms with Crippen molar-refractivity contribution in [2.75, 3.05) is 6.61 Å². The zero-order valence-corrected chi connectivity index (χ0v) is 8.65. The van der Waals surface area contributed by atoms with E-state index in [1.54, 1.807) is 6.92 Å². The summed E-state index contributed by atoms with van der Waals surface area (Å²) in [7, 11) is 0. The molecule has 1 unspecified atom stereocenters. The summed E-state index contributed by atoms with van der Waals surface area (Å²) in [5.41, 5.74) is 5.55. The summed E-state index contributed by atoms with van der Waals surface area (Å²) >= 11 is 0. The van der Waals surface area contributed by atoms with Gasteiger partial charge in [-0.2, -0.15) is 0 Å². The van der Waals surface area contributed by atoms with E-state index in [0.717, 1.165) is 0 Å². The lowest BCUT2D eigenvalue weighted by molar-refractivity contribution is -0.230. The fraction of sp³-hybridized carbons (Fsp3) is 1.00. The highest BCUT2D eigenvalue weighted by molar-refractivity contribution is 4.92. The van der Waals surface area contributed by atoms with Crippen LogP contribution in [0, 0.1) is 0 Å². The molecule has 1 aliphatic heterocycles. The van der Waals surface area contributed by atoms with E-state index in [-0.39, 0.29) is 6.04 Å². The van der Waals surface area contributed by atoms with Gasteiger partial charge >= 0.3 is 0 Å². The molecule has 1 aliphatic rings. The molecule has 90 valence electrons. The monoisotopic (exact) mass is 221 g/mol. The standard InChI is InChI=1S/C9H19NO5/c1-4(10)2-5-7(12)9(14)8(13)6(3-11)15-5/h4-9,11-14H,2-3,10H2,1H3/t4?,5-,6+,7-,8-,9+/m0/s1. The van der Waals surface area contributed by atoms with Gasteiger partial charge in [0.25, 0.3) is 0 Å². The molecule has 0 aliphatic carbocycles. The summed E-state index contributed by atoms with van der Waals surface area (Å²) in [6.07, 6.45) is -4.91. The smallest absolute Gasteiger partial charge is 0.111 e. The van der Waals surface area contributed by atoms with Crippen molar-refractivity contribution in [2.45, 2.75) is 49.9 Å². The SMILES string of the molecule is CC(N)C[C@@H]1O[C@H](CO)[C@H](O)[C@H](O)[C@H]1O. The van der Waals surface area contributed by atoms with E-state index in [0.29, 0.717) is 6.42 Å². The van der Waals surface area contributed by atoms with Crippen molar-refractivity contribution in [1.82, 2.24) is 0 Å². The summed E-state index contributed by atoms with van der Waals surface area (Å²) in [5, 5.41) is 37.4. The summed E-state index contributed by atoms with van der Waals surface area (Å²) < 4.78 is 5.25. The molecule has 1 rings (SSSR count). The first-order valence-corrected chi connectivity index (χ1v) is 5.03. The van der Waals surface area contributed by atoms with Crippen LogP contribution in [0.2, 0.25) is 0 Å². The molecule has 0 radical (unpaired) electrons. The van der Waals surface area contributed by atoms with Crippen molar-refractivity contribution < 1.29 is 25.2 Å². The molecule has 15 heavy (non-hydrogen) atoms. The second kappa shape index (κ2) is 5.20. The molecule has 0 spiro atoms. The molecule has 0 bridgehead atoms. The minimum absolute atomic E-state index is 0.188. The van der Waals surface area contributed by atoms with Crippen molar-refractivity contribution in [3.63, 3.8) is 0 Å². The summed E-state index contributed by atoms with van der Waals surface area (Å²) in [6.45, 7) is 1.35. The molecule has 1 saturated heterocycles. The van der Waals surface area contributed by atoms with E-state index in [9.17, 15) is 15.3 Å². The van der Waals surface area contributed by atoms with Crippen LogP contribution in [0.15, 0.2) is 0 Å². The number of nitrogens with two attached hydrogens (primary N) is 1. The van der Waals surface area contributed by atoms with E-state index in [1.165, 1.54) is 0 Å². The molecular formula is C9H19NO5. The summed E-state index contributed by atoms with van der Waals surface area (Å²) in [6, 6.07) is -0.188. The largest absolute Gasteiger partial charge is 0.394 e. The van der Waals surface area contributed by atoms with Gasteiger partial charge in [0, 0.05) is 6.04 Å². The van der Waals surface area contributed by atoms with E-state index in [4.69, 9.17) is 15.6 Å². The van der Waals surface area contributed by atoms with Crippen molar-refractivity contribution in [1.29, 1.82) is 0 Å². The highest BCUT2D eigenvalue weighted by Crippen LogP contribution is 2.23. The van der Waals surface area contributed by atoms with Crippen LogP contribution in [0.25, 0.3) is 0 Å². The second-order valence-corrected chi connectivity index (χ2v) is 4.08. The van der Waals surface area contributed by atoms with Crippen LogP contribution in [0.1, 0.15) is 13.3 Å². The van der Waals surface area contributed by atoms with Gasteiger partial charge in [-0.25, -0.2) is 0 Å². The number of aliphatic hydroxyl groups is 4. The van der Waals surface area contributed by atoms with Crippen LogP contribution in [0.3, 0.4) is 0 Å². The van der Waals surface area contributed by atoms with Crippen molar-refractivity contribution in [2.24, 2.45) is 5.73 Å². The van der Waals surface area contributed by atoms with Crippen molar-refractivity contribution >= 4 is 0 Å². The Kier molecular flexibility index (Phi) is 4.45. The molecule has 6 N–H and O–H groups in total. The van der Waals surface area contributed by atoms with E-state index in [1.807, 2.05) is 0 Å². The number of ether oxygens (including phenoxy) is 1. The summed E-state index contributed by atoms with van der Waals surface area (Å²) in [4.78, 5) is 0. The fourth-order valence-corrected chi connectivity index (χ4v) is 1.74. The third-order valence-corrected chi connectivity index (χ3v) is 2.60. The molecule has 6 nitrogen and oxygen atoms in total. The molecule has 0 aromatic rings. The molecule has 6 atom stereocenters. The van der Waals surface area contributed by atoms with Gasteiger partial charge in [-0.3, -0.25) is 0 Å². The lowest BCUT2D eigenvalue weighted by Crippen LogP contribution is -2.59. The number of rotatable bonds is 3. The van der Waals surface area contributed by atoms with E-state index < -0.39 is 37.1 Å². The Morgan fingerprint density at radius 2 is 1.67 bits per heavy atom. The third kappa shape index (κ3) is 2.87. The molecule has 1 fully saturated rings. The summed E-state index contributed by atoms with van der Waals surface area (Å²) in [5.74, 6) is 0. The van der Waals surface area contributed by atoms with E-state index in [2.05, 4.69) is 0 Å². The van der Waals surface area contributed by atoms with Crippen molar-refractivity contribution in [3.8, 4) is 0 Å². The second-order valence-electron chi connectivity index (χ2n) is 4.08. The van der Waals surface area contributed by atoms with Gasteiger partial charge in [0.15, 0.2) is 0 Å². The molecule has 0 aromatic heterocycles. The highest BCUT2D eigenvalue weighted by Gasteiger charge is 2.43. The average molecular weight is 221 g/mol. The minimum Gasteiger partial charge on any atom is -0.394 e. The molecule has 0 amide bonds. The van der Waals surface area contributed by atoms with Crippen LogP contribution in [-0.2, 0) is 4.74 Å². The van der Waals surface area contributed by atoms with Gasteiger partial charge in [-0.15, -0.1) is 0 Å². The highest BCUT2D eigenvalue weighted by atomic mass is 16.5. The van der Waals surface area contributed by atoms with Crippen LogP contribution >= 0.6 is 0 Å². The minimum atomic E-state index is -1.31. The fourth-order valence-electron chi connectivity index (χ4n) is 1.74. The van der Waals surface area contributed by atoms with Gasteiger partial charge in [-0.1, -0.05) is 0 Å². The Bertz CT molecular complexity index is 199. The maximum atomic E-state index is 9.60. The zero-order valence-electron chi connectivity index (χ0n) is 8.65. The first kappa shape index (κ1) is 12.8. The maximum Gasteiger partial charge on any atom is 0.111 e. The van der Waals surface area contributed by atoms with Crippen molar-refractivity contribution in [3.05, 3.63) is 0 Å². The van der Waals surface area contributed by atoms with Gasteiger partial charge in [0.2, 0.25) is 0 Å². The van der Waals surface area contributed by atoms with Crippen LogP contribution < -0.4 is 5.73 Å².